The standard InChI is InChI=1S/C17H15N3O2S/c1-22-11-4-2-3-10(7-11)20-16-13-8-12(23)5-6-15(13)19-9-14(16)17(18)21/h2-9,23H,1H3,(H2,18,21)(H,19,20). The molecule has 0 fully saturated rings. The van der Waals surface area contributed by atoms with E-state index in [1.807, 2.05) is 42.5 Å². The van der Waals surface area contributed by atoms with Crippen LogP contribution in [0.25, 0.3) is 10.9 Å². The molecule has 0 aliphatic carbocycles. The summed E-state index contributed by atoms with van der Waals surface area (Å²) in [5.41, 5.74) is 7.94. The molecule has 0 radical (unpaired) electrons. The smallest absolute Gasteiger partial charge is 0.252 e. The molecule has 5 nitrogen and oxygen atoms in total. The monoisotopic (exact) mass is 325 g/mol. The second-order valence-electron chi connectivity index (χ2n) is 4.97. The molecule has 0 spiro atoms. The Labute approximate surface area is 138 Å². The van der Waals surface area contributed by atoms with Gasteiger partial charge < -0.3 is 15.8 Å². The Morgan fingerprint density at radius 1 is 1.26 bits per heavy atom. The average Bonchev–Trinajstić information content (AvgIpc) is 2.55. The van der Waals surface area contributed by atoms with Crippen LogP contribution in [0, 0.1) is 0 Å². The van der Waals surface area contributed by atoms with E-state index in [1.54, 1.807) is 7.11 Å². The molecule has 0 unspecified atom stereocenters. The molecule has 23 heavy (non-hydrogen) atoms. The minimum Gasteiger partial charge on any atom is -0.497 e. The lowest BCUT2D eigenvalue weighted by molar-refractivity contribution is 0.100. The number of ether oxygens (including phenoxy) is 1. The number of aromatic nitrogens is 1. The number of carbonyl (C=O) groups excluding carboxylic acids is 1. The fraction of sp³-hybridized carbons (Fsp3) is 0.0588. The van der Waals surface area contributed by atoms with Crippen molar-refractivity contribution in [3.8, 4) is 5.75 Å². The van der Waals surface area contributed by atoms with Gasteiger partial charge in [-0.3, -0.25) is 9.78 Å². The lowest BCUT2D eigenvalue weighted by Gasteiger charge is -2.14. The maximum atomic E-state index is 11.8. The van der Waals surface area contributed by atoms with Crippen LogP contribution in [0.3, 0.4) is 0 Å². The summed E-state index contributed by atoms with van der Waals surface area (Å²) in [5, 5.41) is 4.02. The van der Waals surface area contributed by atoms with Crippen molar-refractivity contribution in [2.24, 2.45) is 5.73 Å². The molecular weight excluding hydrogens is 310 g/mol. The SMILES string of the molecule is COc1cccc(Nc2c(C(N)=O)cnc3ccc(S)cc23)c1. The number of nitrogens with one attached hydrogen (secondary N) is 1. The fourth-order valence-corrected chi connectivity index (χ4v) is 2.55. The number of primary amides is 1. The molecule has 0 saturated carbocycles. The Balaban J connectivity index is 2.18. The second kappa shape index (κ2) is 6.18. The molecular formula is C17H15N3O2S. The van der Waals surface area contributed by atoms with Crippen molar-refractivity contribution in [1.29, 1.82) is 0 Å². The number of hydrogen-bond donors (Lipinski definition) is 3. The molecule has 0 aliphatic rings. The van der Waals surface area contributed by atoms with Crippen LogP contribution in [0.15, 0.2) is 53.6 Å². The molecule has 0 aliphatic heterocycles. The zero-order valence-electron chi connectivity index (χ0n) is 12.4. The summed E-state index contributed by atoms with van der Waals surface area (Å²) in [6.07, 6.45) is 1.48. The van der Waals surface area contributed by atoms with Crippen LogP contribution in [-0.4, -0.2) is 18.0 Å². The lowest BCUT2D eigenvalue weighted by Crippen LogP contribution is -2.14. The maximum absolute atomic E-state index is 11.8. The first-order valence-corrected chi connectivity index (χ1v) is 7.36. The number of nitrogens with two attached hydrogens (primary N) is 1. The van der Waals surface area contributed by atoms with Gasteiger partial charge in [-0.05, 0) is 30.3 Å². The van der Waals surface area contributed by atoms with E-state index in [2.05, 4.69) is 22.9 Å². The fourth-order valence-electron chi connectivity index (χ4n) is 2.35. The van der Waals surface area contributed by atoms with E-state index in [0.717, 1.165) is 21.5 Å². The molecule has 2 aromatic carbocycles. The van der Waals surface area contributed by atoms with Crippen molar-refractivity contribution >= 4 is 40.8 Å². The van der Waals surface area contributed by atoms with Gasteiger partial charge in [-0.2, -0.15) is 0 Å². The molecule has 3 aromatic rings. The van der Waals surface area contributed by atoms with Gasteiger partial charge in [-0.25, -0.2) is 0 Å². The van der Waals surface area contributed by atoms with E-state index in [0.29, 0.717) is 17.0 Å². The van der Waals surface area contributed by atoms with E-state index in [9.17, 15) is 4.79 Å². The quantitative estimate of drug-likeness (QED) is 0.643. The summed E-state index contributed by atoms with van der Waals surface area (Å²) < 4.78 is 5.22. The molecule has 3 N–H and O–H groups in total. The molecule has 1 amide bonds. The van der Waals surface area contributed by atoms with Gasteiger partial charge >= 0.3 is 0 Å². The Kier molecular flexibility index (Phi) is 4.08. The van der Waals surface area contributed by atoms with Crippen molar-refractivity contribution in [2.45, 2.75) is 4.90 Å². The number of hydrogen-bond acceptors (Lipinski definition) is 5. The van der Waals surface area contributed by atoms with E-state index in [4.69, 9.17) is 10.5 Å². The molecule has 0 bridgehead atoms. The Hall–Kier alpha value is -2.73. The van der Waals surface area contributed by atoms with Gasteiger partial charge in [0.05, 0.1) is 23.9 Å². The summed E-state index contributed by atoms with van der Waals surface area (Å²) in [4.78, 5) is 16.8. The third kappa shape index (κ3) is 3.07. The average molecular weight is 325 g/mol. The van der Waals surface area contributed by atoms with Gasteiger partial charge in [0.25, 0.3) is 5.91 Å². The van der Waals surface area contributed by atoms with Crippen molar-refractivity contribution in [1.82, 2.24) is 4.98 Å². The third-order valence-corrected chi connectivity index (χ3v) is 3.73. The van der Waals surface area contributed by atoms with Crippen LogP contribution in [-0.2, 0) is 0 Å². The van der Waals surface area contributed by atoms with Gasteiger partial charge in [0, 0.05) is 28.2 Å². The van der Waals surface area contributed by atoms with Crippen molar-refractivity contribution in [2.75, 3.05) is 12.4 Å². The zero-order chi connectivity index (χ0) is 16.4. The van der Waals surface area contributed by atoms with Crippen molar-refractivity contribution in [3.05, 3.63) is 54.2 Å². The van der Waals surface area contributed by atoms with Crippen LogP contribution < -0.4 is 15.8 Å². The number of thiol groups is 1. The molecule has 0 saturated heterocycles. The highest BCUT2D eigenvalue weighted by molar-refractivity contribution is 7.80. The molecule has 3 rings (SSSR count). The van der Waals surface area contributed by atoms with Gasteiger partial charge in [0.2, 0.25) is 0 Å². The van der Waals surface area contributed by atoms with Crippen LogP contribution >= 0.6 is 12.6 Å². The van der Waals surface area contributed by atoms with Crippen molar-refractivity contribution < 1.29 is 9.53 Å². The molecule has 6 heteroatoms. The van der Waals surface area contributed by atoms with Crippen LogP contribution in [0.4, 0.5) is 11.4 Å². The van der Waals surface area contributed by atoms with E-state index in [1.165, 1.54) is 6.20 Å². The number of amides is 1. The number of anilines is 2. The van der Waals surface area contributed by atoms with Crippen LogP contribution in [0.5, 0.6) is 5.75 Å². The minimum absolute atomic E-state index is 0.319. The van der Waals surface area contributed by atoms with E-state index in [-0.39, 0.29) is 0 Å². The summed E-state index contributed by atoms with van der Waals surface area (Å²) in [5.74, 6) is 0.165. The highest BCUT2D eigenvalue weighted by Crippen LogP contribution is 2.31. The van der Waals surface area contributed by atoms with Gasteiger partial charge in [0.1, 0.15) is 5.75 Å². The zero-order valence-corrected chi connectivity index (χ0v) is 13.3. The number of rotatable bonds is 4. The highest BCUT2D eigenvalue weighted by atomic mass is 32.1. The molecule has 116 valence electrons. The number of nitrogens with zero attached hydrogens (tertiary/aromatic N) is 1. The number of methoxy groups -OCH3 is 1. The summed E-state index contributed by atoms with van der Waals surface area (Å²) >= 11 is 4.36. The van der Waals surface area contributed by atoms with Gasteiger partial charge in [-0.15, -0.1) is 12.6 Å². The number of pyridine rings is 1. The summed E-state index contributed by atoms with van der Waals surface area (Å²) in [6.45, 7) is 0. The molecule has 1 heterocycles. The van der Waals surface area contributed by atoms with E-state index >= 15 is 0 Å². The first-order chi connectivity index (χ1) is 11.1. The first kappa shape index (κ1) is 15.2. The first-order valence-electron chi connectivity index (χ1n) is 6.91. The Morgan fingerprint density at radius 3 is 2.83 bits per heavy atom. The molecule has 0 atom stereocenters. The summed E-state index contributed by atoms with van der Waals surface area (Å²) in [7, 11) is 1.60. The third-order valence-electron chi connectivity index (χ3n) is 3.46. The Bertz CT molecular complexity index is 896. The largest absolute Gasteiger partial charge is 0.497 e. The number of fused-ring (bicyclic) bond motifs is 1. The maximum Gasteiger partial charge on any atom is 0.252 e. The number of carbonyl (C=O) groups is 1. The number of benzene rings is 2. The predicted octanol–water partition coefficient (Wildman–Crippen LogP) is 3.37. The van der Waals surface area contributed by atoms with Gasteiger partial charge in [-0.1, -0.05) is 6.07 Å². The van der Waals surface area contributed by atoms with Crippen molar-refractivity contribution in [3.63, 3.8) is 0 Å². The summed E-state index contributed by atoms with van der Waals surface area (Å²) in [6, 6.07) is 13.0. The normalized spacial score (nSPS) is 10.5. The lowest BCUT2D eigenvalue weighted by atomic mass is 10.1. The predicted molar refractivity (Wildman–Crippen MR) is 93.8 cm³/mol. The molecule has 1 aromatic heterocycles. The minimum atomic E-state index is -0.547. The topological polar surface area (TPSA) is 77.2 Å². The highest BCUT2D eigenvalue weighted by Gasteiger charge is 2.14. The second-order valence-corrected chi connectivity index (χ2v) is 5.49. The Morgan fingerprint density at radius 2 is 2.09 bits per heavy atom. The van der Waals surface area contributed by atoms with Crippen LogP contribution in [0.1, 0.15) is 10.4 Å². The van der Waals surface area contributed by atoms with Crippen LogP contribution in [0.2, 0.25) is 0 Å². The van der Waals surface area contributed by atoms with Gasteiger partial charge in [0.15, 0.2) is 0 Å². The van der Waals surface area contributed by atoms with E-state index < -0.39 is 5.91 Å².